The first-order valence-corrected chi connectivity index (χ1v) is 6.58. The third kappa shape index (κ3) is 2.04. The molecule has 4 heteroatoms. The van der Waals surface area contributed by atoms with Gasteiger partial charge in [0.25, 0.3) is 0 Å². The monoisotopic (exact) mass is 299 g/mol. The second-order valence-corrected chi connectivity index (χ2v) is 5.38. The second kappa shape index (κ2) is 4.86. The topological polar surface area (TPSA) is 44.5 Å². The number of nitrogens with two attached hydrogens (primary N) is 1. The van der Waals surface area contributed by atoms with E-state index in [1.165, 1.54) is 12.0 Å². The lowest BCUT2D eigenvalue weighted by Crippen LogP contribution is -2.42. The maximum atomic E-state index is 5.96. The lowest BCUT2D eigenvalue weighted by atomic mass is 9.64. The zero-order valence-corrected chi connectivity index (χ0v) is 11.8. The molecule has 2 rings (SSSR count). The molecule has 0 spiro atoms. The van der Waals surface area contributed by atoms with Crippen LogP contribution in [0.15, 0.2) is 16.6 Å². The highest BCUT2D eigenvalue weighted by Gasteiger charge is 2.41. The Hall–Kier alpha value is -0.740. The molecule has 2 N–H and O–H groups in total. The summed E-state index contributed by atoms with van der Waals surface area (Å²) in [4.78, 5) is 0. The van der Waals surface area contributed by atoms with Crippen LogP contribution in [0.5, 0.6) is 11.5 Å². The summed E-state index contributed by atoms with van der Waals surface area (Å²) in [7, 11) is 3.34. The van der Waals surface area contributed by atoms with Gasteiger partial charge in [-0.05, 0) is 18.9 Å². The Labute approximate surface area is 110 Å². The van der Waals surface area contributed by atoms with Crippen molar-refractivity contribution < 1.29 is 9.47 Å². The Balaban J connectivity index is 2.52. The molecule has 0 amide bonds. The van der Waals surface area contributed by atoms with Crippen molar-refractivity contribution in [1.29, 1.82) is 0 Å². The van der Waals surface area contributed by atoms with Crippen molar-refractivity contribution in [2.45, 2.75) is 24.7 Å². The molecule has 1 aromatic rings. The highest BCUT2D eigenvalue weighted by atomic mass is 79.9. The molecular formula is C13H18BrNO2. The molecule has 1 saturated carbocycles. The van der Waals surface area contributed by atoms with Gasteiger partial charge in [-0.15, -0.1) is 0 Å². The third-order valence-electron chi connectivity index (χ3n) is 3.71. The van der Waals surface area contributed by atoms with Gasteiger partial charge in [0.2, 0.25) is 0 Å². The fourth-order valence-corrected chi connectivity index (χ4v) is 3.35. The van der Waals surface area contributed by atoms with Gasteiger partial charge in [0.1, 0.15) is 11.5 Å². The van der Waals surface area contributed by atoms with Crippen molar-refractivity contribution in [3.63, 3.8) is 0 Å². The lowest BCUT2D eigenvalue weighted by molar-refractivity contribution is 0.241. The Morgan fingerprint density at radius 3 is 2.41 bits per heavy atom. The van der Waals surface area contributed by atoms with Gasteiger partial charge >= 0.3 is 0 Å². The number of halogens is 1. The molecule has 0 bridgehead atoms. The summed E-state index contributed by atoms with van der Waals surface area (Å²) >= 11 is 3.62. The number of ether oxygens (including phenoxy) is 2. The fourth-order valence-electron chi connectivity index (χ4n) is 2.51. The average Bonchev–Trinajstić information content (AvgIpc) is 2.29. The molecule has 0 heterocycles. The van der Waals surface area contributed by atoms with Crippen LogP contribution < -0.4 is 15.2 Å². The van der Waals surface area contributed by atoms with Crippen LogP contribution in [0, 0.1) is 0 Å². The molecule has 0 unspecified atom stereocenters. The van der Waals surface area contributed by atoms with Crippen molar-refractivity contribution in [3.8, 4) is 11.5 Å². The van der Waals surface area contributed by atoms with Crippen LogP contribution in [-0.4, -0.2) is 20.8 Å². The number of methoxy groups -OCH3 is 2. The molecule has 1 aliphatic carbocycles. The molecule has 0 aliphatic heterocycles. The van der Waals surface area contributed by atoms with E-state index in [9.17, 15) is 0 Å². The largest absolute Gasteiger partial charge is 0.497 e. The number of benzene rings is 1. The minimum atomic E-state index is 0.0798. The van der Waals surface area contributed by atoms with E-state index in [2.05, 4.69) is 15.9 Å². The second-order valence-electron chi connectivity index (χ2n) is 4.52. The Morgan fingerprint density at radius 2 is 2.00 bits per heavy atom. The van der Waals surface area contributed by atoms with Crippen LogP contribution in [-0.2, 0) is 5.41 Å². The summed E-state index contributed by atoms with van der Waals surface area (Å²) < 4.78 is 11.8. The Morgan fingerprint density at radius 1 is 1.29 bits per heavy atom. The van der Waals surface area contributed by atoms with Gasteiger partial charge in [0, 0.05) is 28.1 Å². The van der Waals surface area contributed by atoms with Crippen molar-refractivity contribution in [2.24, 2.45) is 5.73 Å². The molecule has 1 aliphatic rings. The molecule has 1 aromatic carbocycles. The van der Waals surface area contributed by atoms with Crippen LogP contribution in [0.25, 0.3) is 0 Å². The van der Waals surface area contributed by atoms with E-state index >= 15 is 0 Å². The zero-order valence-electron chi connectivity index (χ0n) is 10.3. The minimum absolute atomic E-state index is 0.0798. The standard InChI is InChI=1S/C13H18BrNO2/c1-16-9-6-10(14)12(11(7-9)17-2)13(8-15)4-3-5-13/h6-7H,3-5,8,15H2,1-2H3. The van der Waals surface area contributed by atoms with Crippen LogP contribution in [0.2, 0.25) is 0 Å². The molecule has 3 nitrogen and oxygen atoms in total. The van der Waals surface area contributed by atoms with Gasteiger partial charge in [-0.3, -0.25) is 0 Å². The van der Waals surface area contributed by atoms with E-state index in [4.69, 9.17) is 15.2 Å². The highest BCUT2D eigenvalue weighted by Crippen LogP contribution is 2.50. The Bertz CT molecular complexity index is 411. The molecule has 0 radical (unpaired) electrons. The summed E-state index contributed by atoms with van der Waals surface area (Å²) in [5, 5.41) is 0. The number of hydrogen-bond acceptors (Lipinski definition) is 3. The van der Waals surface area contributed by atoms with Gasteiger partial charge in [-0.1, -0.05) is 22.4 Å². The summed E-state index contributed by atoms with van der Waals surface area (Å²) in [6, 6.07) is 3.91. The van der Waals surface area contributed by atoms with Gasteiger partial charge in [0.15, 0.2) is 0 Å². The normalized spacial score (nSPS) is 17.4. The number of rotatable bonds is 4. The van der Waals surface area contributed by atoms with Crippen molar-refractivity contribution in [2.75, 3.05) is 20.8 Å². The average molecular weight is 300 g/mol. The molecule has 17 heavy (non-hydrogen) atoms. The summed E-state index contributed by atoms with van der Waals surface area (Å²) in [5.74, 6) is 1.66. The van der Waals surface area contributed by atoms with Crippen LogP contribution >= 0.6 is 15.9 Å². The first kappa shape index (κ1) is 12.7. The highest BCUT2D eigenvalue weighted by molar-refractivity contribution is 9.10. The number of hydrogen-bond donors (Lipinski definition) is 1. The minimum Gasteiger partial charge on any atom is -0.497 e. The molecular weight excluding hydrogens is 282 g/mol. The van der Waals surface area contributed by atoms with Gasteiger partial charge in [-0.2, -0.15) is 0 Å². The van der Waals surface area contributed by atoms with E-state index in [0.29, 0.717) is 6.54 Å². The fraction of sp³-hybridized carbons (Fsp3) is 0.538. The van der Waals surface area contributed by atoms with E-state index < -0.39 is 0 Å². The lowest BCUT2D eigenvalue weighted by Gasteiger charge is -2.42. The van der Waals surface area contributed by atoms with E-state index in [-0.39, 0.29) is 5.41 Å². The maximum absolute atomic E-state index is 5.96. The molecule has 1 fully saturated rings. The maximum Gasteiger partial charge on any atom is 0.127 e. The first-order chi connectivity index (χ1) is 8.16. The summed E-state index contributed by atoms with van der Waals surface area (Å²) in [6.07, 6.45) is 3.49. The van der Waals surface area contributed by atoms with Crippen molar-refractivity contribution in [3.05, 3.63) is 22.2 Å². The summed E-state index contributed by atoms with van der Waals surface area (Å²) in [6.45, 7) is 0.661. The molecule has 0 saturated heterocycles. The van der Waals surface area contributed by atoms with Crippen LogP contribution in [0.3, 0.4) is 0 Å². The van der Waals surface area contributed by atoms with Gasteiger partial charge in [-0.25, -0.2) is 0 Å². The zero-order chi connectivity index (χ0) is 12.5. The van der Waals surface area contributed by atoms with Crippen LogP contribution in [0.1, 0.15) is 24.8 Å². The van der Waals surface area contributed by atoms with E-state index in [1.54, 1.807) is 14.2 Å². The van der Waals surface area contributed by atoms with E-state index in [0.717, 1.165) is 28.8 Å². The smallest absolute Gasteiger partial charge is 0.127 e. The Kier molecular flexibility index (Phi) is 3.64. The van der Waals surface area contributed by atoms with Crippen molar-refractivity contribution >= 4 is 15.9 Å². The van der Waals surface area contributed by atoms with Gasteiger partial charge < -0.3 is 15.2 Å². The van der Waals surface area contributed by atoms with E-state index in [1.807, 2.05) is 12.1 Å². The first-order valence-electron chi connectivity index (χ1n) is 5.79. The molecule has 0 aromatic heterocycles. The van der Waals surface area contributed by atoms with Crippen LogP contribution in [0.4, 0.5) is 0 Å². The quantitative estimate of drug-likeness (QED) is 0.930. The predicted octanol–water partition coefficient (Wildman–Crippen LogP) is 2.85. The molecule has 94 valence electrons. The predicted molar refractivity (Wildman–Crippen MR) is 71.8 cm³/mol. The van der Waals surface area contributed by atoms with Crippen molar-refractivity contribution in [1.82, 2.24) is 0 Å². The summed E-state index contributed by atoms with van der Waals surface area (Å²) in [5.41, 5.74) is 7.23. The third-order valence-corrected chi connectivity index (χ3v) is 4.34. The van der Waals surface area contributed by atoms with Gasteiger partial charge in [0.05, 0.1) is 14.2 Å². The SMILES string of the molecule is COc1cc(Br)c(C2(CN)CCC2)c(OC)c1. The molecule has 0 atom stereocenters.